The molecular formula is C22H37NO2. The van der Waals surface area contributed by atoms with Gasteiger partial charge >= 0.3 is 0 Å². The van der Waals surface area contributed by atoms with Gasteiger partial charge in [0.05, 0.1) is 11.8 Å². The molecule has 1 N–H and O–H groups in total. The van der Waals surface area contributed by atoms with Crippen LogP contribution in [-0.4, -0.2) is 24.0 Å². The zero-order chi connectivity index (χ0) is 17.8. The van der Waals surface area contributed by atoms with Gasteiger partial charge in [-0.2, -0.15) is 0 Å². The molecule has 0 aromatic carbocycles. The van der Waals surface area contributed by atoms with Crippen molar-refractivity contribution in [3.63, 3.8) is 0 Å². The van der Waals surface area contributed by atoms with Crippen LogP contribution in [0.4, 0.5) is 0 Å². The maximum Gasteiger partial charge on any atom is 0.106 e. The molecule has 8 atom stereocenters. The van der Waals surface area contributed by atoms with Gasteiger partial charge in [-0.3, -0.25) is 0 Å². The SMILES string of the molecule is CO/N=C(\C)[C@H]1CC[C@H]2[C@@H]3CC[C@@H]4C[C@@H](O)CC[C@]4(C)[C@H]3CC[C@]12C. The molecule has 4 saturated carbocycles. The lowest BCUT2D eigenvalue weighted by Gasteiger charge is -2.61. The molecule has 0 radical (unpaired) electrons. The number of nitrogens with zero attached hydrogens (tertiary/aromatic N) is 1. The Hall–Kier alpha value is -0.570. The van der Waals surface area contributed by atoms with E-state index >= 15 is 0 Å². The molecule has 0 aromatic rings. The summed E-state index contributed by atoms with van der Waals surface area (Å²) < 4.78 is 0. The summed E-state index contributed by atoms with van der Waals surface area (Å²) in [6.45, 7) is 7.31. The summed E-state index contributed by atoms with van der Waals surface area (Å²) in [5, 5.41) is 14.5. The van der Waals surface area contributed by atoms with Gasteiger partial charge in [-0.1, -0.05) is 19.0 Å². The molecule has 4 aliphatic carbocycles. The number of hydrogen-bond acceptors (Lipinski definition) is 3. The van der Waals surface area contributed by atoms with Gasteiger partial charge in [0.25, 0.3) is 0 Å². The van der Waals surface area contributed by atoms with E-state index in [-0.39, 0.29) is 6.10 Å². The average molecular weight is 348 g/mol. The lowest BCUT2D eigenvalue weighted by Crippen LogP contribution is -2.54. The Morgan fingerprint density at radius 2 is 1.68 bits per heavy atom. The van der Waals surface area contributed by atoms with Crippen LogP contribution in [0, 0.1) is 40.4 Å². The van der Waals surface area contributed by atoms with Crippen molar-refractivity contribution in [2.75, 3.05) is 7.11 Å². The molecule has 4 rings (SSSR count). The van der Waals surface area contributed by atoms with Crippen LogP contribution in [0.25, 0.3) is 0 Å². The Morgan fingerprint density at radius 1 is 0.960 bits per heavy atom. The molecule has 25 heavy (non-hydrogen) atoms. The summed E-state index contributed by atoms with van der Waals surface area (Å²) in [7, 11) is 1.68. The monoisotopic (exact) mass is 347 g/mol. The number of aliphatic hydroxyl groups is 1. The second-order valence-corrected chi connectivity index (χ2v) is 10.2. The topological polar surface area (TPSA) is 41.8 Å². The lowest BCUT2D eigenvalue weighted by atomic mass is 9.44. The third kappa shape index (κ3) is 2.59. The van der Waals surface area contributed by atoms with Crippen molar-refractivity contribution in [1.82, 2.24) is 0 Å². The van der Waals surface area contributed by atoms with Crippen LogP contribution in [-0.2, 0) is 4.84 Å². The van der Waals surface area contributed by atoms with E-state index in [0.717, 1.165) is 36.5 Å². The second-order valence-electron chi connectivity index (χ2n) is 10.2. The van der Waals surface area contributed by atoms with Crippen molar-refractivity contribution in [3.05, 3.63) is 0 Å². The number of hydrogen-bond donors (Lipinski definition) is 1. The van der Waals surface area contributed by atoms with E-state index in [1.807, 2.05) is 0 Å². The summed E-state index contributed by atoms with van der Waals surface area (Å²) in [6, 6.07) is 0. The summed E-state index contributed by atoms with van der Waals surface area (Å²) in [5.41, 5.74) is 2.12. The van der Waals surface area contributed by atoms with Gasteiger partial charge in [-0.25, -0.2) is 0 Å². The van der Waals surface area contributed by atoms with Crippen LogP contribution in [0.1, 0.15) is 78.6 Å². The first-order valence-electron chi connectivity index (χ1n) is 10.7. The highest BCUT2D eigenvalue weighted by atomic mass is 16.6. The van der Waals surface area contributed by atoms with Crippen LogP contribution in [0.15, 0.2) is 5.16 Å². The molecule has 0 saturated heterocycles. The first-order chi connectivity index (χ1) is 11.9. The van der Waals surface area contributed by atoms with Crippen LogP contribution in [0.5, 0.6) is 0 Å². The third-order valence-electron chi connectivity index (χ3n) is 9.38. The van der Waals surface area contributed by atoms with E-state index in [4.69, 9.17) is 4.84 Å². The fraction of sp³-hybridized carbons (Fsp3) is 0.955. The van der Waals surface area contributed by atoms with Crippen molar-refractivity contribution >= 4 is 5.71 Å². The standard InChI is InChI=1S/C22H37NO2/c1-14(23-25-4)18-7-8-19-17-6-5-15-13-16(24)9-11-21(15,2)20(17)10-12-22(18,19)3/h15-20,24H,5-13H2,1-4H3/b23-14+/t15-,16+,17+,18-,19+,20+,21+,22-/m1/s1. The minimum Gasteiger partial charge on any atom is -0.399 e. The van der Waals surface area contributed by atoms with E-state index in [0.29, 0.717) is 16.7 Å². The van der Waals surface area contributed by atoms with Crippen molar-refractivity contribution in [1.29, 1.82) is 0 Å². The molecule has 3 heteroatoms. The minimum absolute atomic E-state index is 0.0350. The zero-order valence-corrected chi connectivity index (χ0v) is 16.6. The minimum atomic E-state index is -0.0350. The predicted octanol–water partition coefficient (Wildman–Crippen LogP) is 5.03. The van der Waals surface area contributed by atoms with Gasteiger partial charge in [0.1, 0.15) is 7.11 Å². The smallest absolute Gasteiger partial charge is 0.106 e. The summed E-state index contributed by atoms with van der Waals surface area (Å²) in [6.07, 6.45) is 11.4. The molecule has 0 heterocycles. The maximum absolute atomic E-state index is 10.2. The van der Waals surface area contributed by atoms with E-state index in [1.165, 1.54) is 50.7 Å². The fourth-order valence-electron chi connectivity index (χ4n) is 8.13. The van der Waals surface area contributed by atoms with Gasteiger partial charge in [0, 0.05) is 5.92 Å². The highest BCUT2D eigenvalue weighted by Crippen LogP contribution is 2.67. The van der Waals surface area contributed by atoms with Gasteiger partial charge < -0.3 is 9.94 Å². The summed E-state index contributed by atoms with van der Waals surface area (Å²) >= 11 is 0. The third-order valence-corrected chi connectivity index (χ3v) is 9.38. The van der Waals surface area contributed by atoms with Gasteiger partial charge in [0.2, 0.25) is 0 Å². The van der Waals surface area contributed by atoms with E-state index in [1.54, 1.807) is 7.11 Å². The van der Waals surface area contributed by atoms with Crippen LogP contribution in [0.3, 0.4) is 0 Å². The Balaban J connectivity index is 1.59. The Bertz CT molecular complexity index is 546. The van der Waals surface area contributed by atoms with E-state index in [9.17, 15) is 5.11 Å². The molecular weight excluding hydrogens is 310 g/mol. The molecule has 0 aliphatic heterocycles. The first kappa shape index (κ1) is 17.8. The number of aliphatic hydroxyl groups excluding tert-OH is 1. The maximum atomic E-state index is 10.2. The Morgan fingerprint density at radius 3 is 2.44 bits per heavy atom. The average Bonchev–Trinajstić information content (AvgIpc) is 2.93. The highest BCUT2D eigenvalue weighted by molar-refractivity contribution is 5.85. The summed E-state index contributed by atoms with van der Waals surface area (Å²) in [5.74, 6) is 4.02. The molecule has 0 spiro atoms. The normalized spacial score (nSPS) is 52.9. The van der Waals surface area contributed by atoms with Crippen molar-refractivity contribution in [2.45, 2.75) is 84.7 Å². The number of fused-ring (bicyclic) bond motifs is 5. The van der Waals surface area contributed by atoms with Gasteiger partial charge in [-0.15, -0.1) is 0 Å². The molecule has 0 unspecified atom stereocenters. The van der Waals surface area contributed by atoms with Crippen LogP contribution in [0.2, 0.25) is 0 Å². The van der Waals surface area contributed by atoms with E-state index < -0.39 is 0 Å². The molecule has 142 valence electrons. The molecule has 0 bridgehead atoms. The molecule has 0 amide bonds. The molecule has 3 nitrogen and oxygen atoms in total. The van der Waals surface area contributed by atoms with Crippen molar-refractivity contribution in [3.8, 4) is 0 Å². The van der Waals surface area contributed by atoms with Crippen LogP contribution < -0.4 is 0 Å². The van der Waals surface area contributed by atoms with Crippen molar-refractivity contribution in [2.24, 2.45) is 45.6 Å². The van der Waals surface area contributed by atoms with Crippen molar-refractivity contribution < 1.29 is 9.94 Å². The number of oxime groups is 1. The Kier molecular flexibility index (Phi) is 4.46. The second kappa shape index (κ2) is 6.25. The first-order valence-corrected chi connectivity index (χ1v) is 10.7. The largest absolute Gasteiger partial charge is 0.399 e. The predicted molar refractivity (Wildman–Crippen MR) is 101 cm³/mol. The van der Waals surface area contributed by atoms with Gasteiger partial charge in [0.15, 0.2) is 0 Å². The van der Waals surface area contributed by atoms with Gasteiger partial charge in [-0.05, 0) is 99.2 Å². The fourth-order valence-corrected chi connectivity index (χ4v) is 8.13. The Labute approximate surface area is 153 Å². The van der Waals surface area contributed by atoms with E-state index in [2.05, 4.69) is 25.9 Å². The quantitative estimate of drug-likeness (QED) is 0.562. The highest BCUT2D eigenvalue weighted by Gasteiger charge is 2.60. The number of rotatable bonds is 2. The zero-order valence-electron chi connectivity index (χ0n) is 16.6. The molecule has 4 aliphatic rings. The summed E-state index contributed by atoms with van der Waals surface area (Å²) in [4.78, 5) is 5.11. The van der Waals surface area contributed by atoms with Crippen LogP contribution >= 0.6 is 0 Å². The molecule has 0 aromatic heterocycles. The lowest BCUT2D eigenvalue weighted by molar-refractivity contribution is -0.123. The molecule has 4 fully saturated rings.